The molecule has 2 N–H and O–H groups in total. The van der Waals surface area contributed by atoms with Crippen molar-refractivity contribution < 1.29 is 28.0 Å². The largest absolute Gasteiger partial charge is 0.475 e. The fourth-order valence-electron chi connectivity index (χ4n) is 2.72. The van der Waals surface area contributed by atoms with Gasteiger partial charge in [-0.25, -0.2) is 9.36 Å². The average Bonchev–Trinajstić information content (AvgIpc) is 2.69. The number of hydrogen-bond acceptors (Lipinski definition) is 8. The van der Waals surface area contributed by atoms with Crippen molar-refractivity contribution in [2.24, 2.45) is 5.92 Å². The summed E-state index contributed by atoms with van der Waals surface area (Å²) in [6.45, 7) is 3.18. The second kappa shape index (κ2) is 6.55. The lowest BCUT2D eigenvalue weighted by Crippen LogP contribution is -2.36. The standard InChI is InChI=1S/C13H19N2O8P/c1-7(2)23-24(19)20-5-8-9(6-21-24)22-12(11(8)17)15-4-3-10(16)14-13(15)18/h3-4,7-9,11-12,17H,5-6H2,1-2H3,(H,14,16,18)/t8-,9-,11-,12-,24-/m1/s1. The Kier molecular flexibility index (Phi) is 4.78. The number of phosphoric acid groups is 1. The smallest absolute Gasteiger partial charge is 0.388 e. The van der Waals surface area contributed by atoms with Gasteiger partial charge in [0.1, 0.15) is 6.10 Å². The van der Waals surface area contributed by atoms with E-state index in [1.807, 2.05) is 0 Å². The van der Waals surface area contributed by atoms with Crippen LogP contribution in [0.5, 0.6) is 0 Å². The van der Waals surface area contributed by atoms with Crippen LogP contribution in [0.4, 0.5) is 0 Å². The molecule has 0 aromatic carbocycles. The minimum Gasteiger partial charge on any atom is -0.388 e. The molecular weight excluding hydrogens is 343 g/mol. The van der Waals surface area contributed by atoms with E-state index in [-0.39, 0.29) is 19.3 Å². The van der Waals surface area contributed by atoms with E-state index < -0.39 is 43.4 Å². The SMILES string of the molecule is CC(C)O[P@]1(=O)OC[C@H]2[C@@H](O)[C@H](n3ccc(=O)[nH]c3=O)O[C@@H]2CO1. The van der Waals surface area contributed by atoms with Crippen molar-refractivity contribution in [1.29, 1.82) is 0 Å². The molecule has 1 aromatic heterocycles. The summed E-state index contributed by atoms with van der Waals surface area (Å²) in [6, 6.07) is 1.16. The van der Waals surface area contributed by atoms with Gasteiger partial charge >= 0.3 is 13.5 Å². The minimum atomic E-state index is -3.71. The van der Waals surface area contributed by atoms with Crippen molar-refractivity contribution in [2.45, 2.75) is 38.4 Å². The van der Waals surface area contributed by atoms with Gasteiger partial charge in [0.2, 0.25) is 0 Å². The van der Waals surface area contributed by atoms with E-state index in [2.05, 4.69) is 4.98 Å². The van der Waals surface area contributed by atoms with Gasteiger partial charge in [-0.05, 0) is 13.8 Å². The van der Waals surface area contributed by atoms with Crippen LogP contribution < -0.4 is 11.2 Å². The Morgan fingerprint density at radius 3 is 2.75 bits per heavy atom. The molecular formula is C13H19N2O8P. The third-order valence-corrected chi connectivity index (χ3v) is 5.42. The van der Waals surface area contributed by atoms with Gasteiger partial charge in [-0.3, -0.25) is 27.9 Å². The van der Waals surface area contributed by atoms with E-state index in [1.165, 1.54) is 6.20 Å². The molecule has 2 fully saturated rings. The number of H-pyrrole nitrogens is 1. The zero-order valence-electron chi connectivity index (χ0n) is 13.2. The zero-order chi connectivity index (χ0) is 17.5. The normalized spacial score (nSPS) is 36.5. The van der Waals surface area contributed by atoms with Gasteiger partial charge in [-0.1, -0.05) is 0 Å². The monoisotopic (exact) mass is 362 g/mol. The highest BCUT2D eigenvalue weighted by atomic mass is 31.2. The molecule has 2 aliphatic heterocycles. The third kappa shape index (κ3) is 3.39. The highest BCUT2D eigenvalue weighted by molar-refractivity contribution is 7.48. The number of aromatic nitrogens is 2. The van der Waals surface area contributed by atoms with Gasteiger partial charge in [-0.2, -0.15) is 0 Å². The summed E-state index contributed by atoms with van der Waals surface area (Å²) in [6.07, 6.45) is -1.84. The van der Waals surface area contributed by atoms with Crippen LogP contribution in [0.25, 0.3) is 0 Å². The van der Waals surface area contributed by atoms with Gasteiger partial charge in [0, 0.05) is 18.2 Å². The molecule has 10 nitrogen and oxygen atoms in total. The van der Waals surface area contributed by atoms with Gasteiger partial charge in [0.05, 0.1) is 25.4 Å². The molecule has 11 heteroatoms. The molecule has 1 aromatic rings. The van der Waals surface area contributed by atoms with Gasteiger partial charge in [0.25, 0.3) is 5.56 Å². The van der Waals surface area contributed by atoms with Crippen LogP contribution in [0.3, 0.4) is 0 Å². The van der Waals surface area contributed by atoms with Crippen molar-refractivity contribution in [2.75, 3.05) is 13.2 Å². The first-order valence-electron chi connectivity index (χ1n) is 7.51. The molecule has 134 valence electrons. The molecule has 0 saturated carbocycles. The van der Waals surface area contributed by atoms with Gasteiger partial charge in [-0.15, -0.1) is 0 Å². The molecule has 0 radical (unpaired) electrons. The van der Waals surface area contributed by atoms with Crippen molar-refractivity contribution in [1.82, 2.24) is 9.55 Å². The van der Waals surface area contributed by atoms with Crippen LogP contribution in [-0.2, 0) is 22.9 Å². The molecule has 0 unspecified atom stereocenters. The first-order valence-corrected chi connectivity index (χ1v) is 8.98. The lowest BCUT2D eigenvalue weighted by atomic mass is 9.99. The summed E-state index contributed by atoms with van der Waals surface area (Å²) in [7, 11) is -3.71. The number of hydrogen-bond donors (Lipinski definition) is 2. The van der Waals surface area contributed by atoms with E-state index in [1.54, 1.807) is 13.8 Å². The number of rotatable bonds is 3. The van der Waals surface area contributed by atoms with E-state index in [0.29, 0.717) is 0 Å². The Labute approximate surface area is 136 Å². The summed E-state index contributed by atoms with van der Waals surface area (Å²) in [5.41, 5.74) is -1.24. The van der Waals surface area contributed by atoms with Crippen molar-refractivity contribution in [3.8, 4) is 0 Å². The third-order valence-electron chi connectivity index (χ3n) is 3.81. The fourth-order valence-corrected chi connectivity index (χ4v) is 4.11. The number of nitrogens with one attached hydrogen (secondary N) is 1. The van der Waals surface area contributed by atoms with Gasteiger partial charge < -0.3 is 9.84 Å². The maximum absolute atomic E-state index is 12.3. The molecule has 5 atom stereocenters. The number of aliphatic hydroxyl groups excluding tert-OH is 1. The number of aromatic amines is 1. The maximum Gasteiger partial charge on any atom is 0.475 e. The van der Waals surface area contributed by atoms with E-state index >= 15 is 0 Å². The molecule has 2 saturated heterocycles. The van der Waals surface area contributed by atoms with Crippen LogP contribution in [0.1, 0.15) is 20.1 Å². The first kappa shape index (κ1) is 17.5. The number of nitrogens with zero attached hydrogens (tertiary/aromatic N) is 1. The van der Waals surface area contributed by atoms with Crippen molar-refractivity contribution in [3.63, 3.8) is 0 Å². The summed E-state index contributed by atoms with van der Waals surface area (Å²) in [4.78, 5) is 25.1. The molecule has 0 aliphatic carbocycles. The first-order chi connectivity index (χ1) is 11.3. The topological polar surface area (TPSA) is 129 Å². The lowest BCUT2D eigenvalue weighted by Gasteiger charge is -2.21. The van der Waals surface area contributed by atoms with E-state index in [9.17, 15) is 19.3 Å². The Balaban J connectivity index is 1.78. The fraction of sp³-hybridized carbons (Fsp3) is 0.692. The summed E-state index contributed by atoms with van der Waals surface area (Å²) >= 11 is 0. The highest BCUT2D eigenvalue weighted by Gasteiger charge is 2.49. The molecule has 0 spiro atoms. The predicted octanol–water partition coefficient (Wildman–Crippen LogP) is -0.00900. The van der Waals surface area contributed by atoms with Crippen molar-refractivity contribution in [3.05, 3.63) is 33.1 Å². The highest BCUT2D eigenvalue weighted by Crippen LogP contribution is 2.54. The Bertz CT molecular complexity index is 759. The van der Waals surface area contributed by atoms with Crippen LogP contribution in [0.2, 0.25) is 0 Å². The second-order valence-electron chi connectivity index (χ2n) is 5.93. The Morgan fingerprint density at radius 1 is 1.38 bits per heavy atom. The zero-order valence-corrected chi connectivity index (χ0v) is 14.0. The van der Waals surface area contributed by atoms with Crippen LogP contribution in [-0.4, -0.2) is 46.2 Å². The number of ether oxygens (including phenoxy) is 1. The van der Waals surface area contributed by atoms with Gasteiger partial charge in [0.15, 0.2) is 6.23 Å². The average molecular weight is 362 g/mol. The summed E-state index contributed by atoms with van der Waals surface area (Å²) in [5, 5.41) is 10.5. The van der Waals surface area contributed by atoms with E-state index in [4.69, 9.17) is 18.3 Å². The lowest BCUT2D eigenvalue weighted by molar-refractivity contribution is -0.0535. The number of phosphoric ester groups is 1. The Hall–Kier alpha value is -1.29. The number of fused-ring (bicyclic) bond motifs is 1. The molecule has 0 bridgehead atoms. The Morgan fingerprint density at radius 2 is 2.08 bits per heavy atom. The second-order valence-corrected chi connectivity index (χ2v) is 7.55. The summed E-state index contributed by atoms with van der Waals surface area (Å²) in [5.74, 6) is -0.555. The van der Waals surface area contributed by atoms with Crippen molar-refractivity contribution >= 4 is 7.82 Å². The molecule has 3 rings (SSSR count). The maximum atomic E-state index is 12.3. The minimum absolute atomic E-state index is 0.107. The molecule has 24 heavy (non-hydrogen) atoms. The molecule has 0 amide bonds. The summed E-state index contributed by atoms with van der Waals surface area (Å²) < 4.78 is 34.8. The predicted molar refractivity (Wildman–Crippen MR) is 80.5 cm³/mol. The van der Waals surface area contributed by atoms with Crippen LogP contribution >= 0.6 is 7.82 Å². The van der Waals surface area contributed by atoms with Crippen LogP contribution in [0.15, 0.2) is 21.9 Å². The van der Waals surface area contributed by atoms with Crippen LogP contribution in [0, 0.1) is 5.92 Å². The molecule has 3 heterocycles. The quantitative estimate of drug-likeness (QED) is 0.719. The number of aliphatic hydroxyl groups is 1. The molecule has 2 aliphatic rings. The van der Waals surface area contributed by atoms with E-state index in [0.717, 1.165) is 10.6 Å².